The maximum atomic E-state index is 4.82. The maximum absolute atomic E-state index is 4.82. The second kappa shape index (κ2) is 6.64. The van der Waals surface area contributed by atoms with E-state index in [4.69, 9.17) is 4.98 Å². The van der Waals surface area contributed by atoms with Crippen molar-refractivity contribution in [1.29, 1.82) is 0 Å². The molecule has 0 spiro atoms. The zero-order valence-corrected chi connectivity index (χ0v) is 14.3. The van der Waals surface area contributed by atoms with Gasteiger partial charge in [-0.05, 0) is 54.9 Å². The van der Waals surface area contributed by atoms with Crippen molar-refractivity contribution in [3.63, 3.8) is 0 Å². The lowest BCUT2D eigenvalue weighted by Gasteiger charge is -2.13. The molecule has 0 bridgehead atoms. The van der Waals surface area contributed by atoms with Crippen LogP contribution in [0.15, 0.2) is 48.5 Å². The van der Waals surface area contributed by atoms with Crippen molar-refractivity contribution in [2.45, 2.75) is 45.4 Å². The average Bonchev–Trinajstić information content (AvgIpc) is 3.05. The number of hydrogen-bond acceptors (Lipinski definition) is 1. The van der Waals surface area contributed by atoms with Gasteiger partial charge in [-0.2, -0.15) is 0 Å². The number of aromatic amines is 1. The summed E-state index contributed by atoms with van der Waals surface area (Å²) in [6.45, 7) is 2.19. The van der Waals surface area contributed by atoms with E-state index in [1.807, 2.05) is 0 Å². The van der Waals surface area contributed by atoms with Gasteiger partial charge in [0, 0.05) is 12.0 Å². The Balaban J connectivity index is 1.70. The number of nitrogens with one attached hydrogen (secondary N) is 1. The highest BCUT2D eigenvalue weighted by atomic mass is 14.9. The number of para-hydroxylation sites is 1. The highest BCUT2D eigenvalue weighted by Crippen LogP contribution is 2.31. The quantitative estimate of drug-likeness (QED) is 0.615. The molecule has 0 aliphatic heterocycles. The van der Waals surface area contributed by atoms with Crippen molar-refractivity contribution >= 4 is 16.6 Å². The number of aryl methyl sites for hydroxylation is 1. The van der Waals surface area contributed by atoms with Gasteiger partial charge in [-0.1, -0.05) is 49.4 Å². The summed E-state index contributed by atoms with van der Waals surface area (Å²) < 4.78 is 0. The molecule has 1 aliphatic carbocycles. The van der Waals surface area contributed by atoms with Gasteiger partial charge in [-0.15, -0.1) is 0 Å². The van der Waals surface area contributed by atoms with Crippen LogP contribution in [0, 0.1) is 0 Å². The maximum Gasteiger partial charge on any atom is 0.107 e. The van der Waals surface area contributed by atoms with Gasteiger partial charge < -0.3 is 4.98 Å². The minimum absolute atomic E-state index is 1.00. The van der Waals surface area contributed by atoms with Gasteiger partial charge in [-0.3, -0.25) is 0 Å². The van der Waals surface area contributed by atoms with Crippen molar-refractivity contribution in [3.8, 4) is 11.1 Å². The fraction of sp³-hybridized carbons (Fsp3) is 0.318. The summed E-state index contributed by atoms with van der Waals surface area (Å²) in [5, 5.41) is 0. The first-order valence-corrected chi connectivity index (χ1v) is 9.12. The molecule has 0 saturated heterocycles. The lowest BCUT2D eigenvalue weighted by molar-refractivity contribution is 0.742. The van der Waals surface area contributed by atoms with E-state index < -0.39 is 0 Å². The molecule has 1 N–H and O–H groups in total. The van der Waals surface area contributed by atoms with E-state index in [1.165, 1.54) is 47.9 Å². The first-order chi connectivity index (χ1) is 11.8. The molecule has 2 heteroatoms. The molecule has 3 aromatic rings. The Morgan fingerprint density at radius 2 is 1.83 bits per heavy atom. The molecule has 0 amide bonds. The van der Waals surface area contributed by atoms with Crippen LogP contribution in [0.5, 0.6) is 0 Å². The molecular formula is C22H24N2. The van der Waals surface area contributed by atoms with Gasteiger partial charge in [0.15, 0.2) is 0 Å². The number of H-pyrrole nitrogens is 1. The molecule has 1 heterocycles. The van der Waals surface area contributed by atoms with Crippen LogP contribution in [0.4, 0.5) is 0 Å². The summed E-state index contributed by atoms with van der Waals surface area (Å²) in [6, 6.07) is 15.4. The predicted molar refractivity (Wildman–Crippen MR) is 102 cm³/mol. The monoisotopic (exact) mass is 316 g/mol. The Labute approximate surface area is 143 Å². The third-order valence-electron chi connectivity index (χ3n) is 4.91. The van der Waals surface area contributed by atoms with Crippen LogP contribution in [0.1, 0.15) is 50.4 Å². The van der Waals surface area contributed by atoms with Gasteiger partial charge >= 0.3 is 0 Å². The fourth-order valence-electron chi connectivity index (χ4n) is 3.64. The van der Waals surface area contributed by atoms with E-state index in [9.17, 15) is 0 Å². The number of fused-ring (bicyclic) bond motifs is 1. The van der Waals surface area contributed by atoms with Crippen LogP contribution >= 0.6 is 0 Å². The molecule has 0 unspecified atom stereocenters. The van der Waals surface area contributed by atoms with Gasteiger partial charge in [0.05, 0.1) is 11.0 Å². The van der Waals surface area contributed by atoms with E-state index in [1.54, 1.807) is 0 Å². The second-order valence-electron chi connectivity index (χ2n) is 6.69. The van der Waals surface area contributed by atoms with E-state index in [2.05, 4.69) is 60.4 Å². The molecule has 0 radical (unpaired) electrons. The second-order valence-corrected chi connectivity index (χ2v) is 6.69. The van der Waals surface area contributed by atoms with E-state index >= 15 is 0 Å². The summed E-state index contributed by atoms with van der Waals surface area (Å²) in [4.78, 5) is 8.27. The average molecular weight is 316 g/mol. The smallest absolute Gasteiger partial charge is 0.107 e. The van der Waals surface area contributed by atoms with Crippen molar-refractivity contribution in [1.82, 2.24) is 9.97 Å². The van der Waals surface area contributed by atoms with Gasteiger partial charge in [0.2, 0.25) is 0 Å². The Hall–Kier alpha value is -2.35. The molecule has 2 nitrogen and oxygen atoms in total. The normalized spacial score (nSPS) is 14.8. The predicted octanol–water partition coefficient (Wildman–Crippen LogP) is 6.14. The Morgan fingerprint density at radius 1 is 1.00 bits per heavy atom. The van der Waals surface area contributed by atoms with Crippen molar-refractivity contribution < 1.29 is 0 Å². The zero-order chi connectivity index (χ0) is 16.4. The zero-order valence-electron chi connectivity index (χ0n) is 14.3. The van der Waals surface area contributed by atoms with Crippen LogP contribution < -0.4 is 0 Å². The number of hydrogen-bond donors (Lipinski definition) is 1. The molecule has 1 aliphatic rings. The van der Waals surface area contributed by atoms with E-state index in [0.29, 0.717) is 0 Å². The number of aromatic nitrogens is 2. The van der Waals surface area contributed by atoms with Crippen molar-refractivity contribution in [2.75, 3.05) is 0 Å². The van der Waals surface area contributed by atoms with Gasteiger partial charge in [-0.25, -0.2) is 4.98 Å². The third-order valence-corrected chi connectivity index (χ3v) is 4.91. The summed E-state index contributed by atoms with van der Waals surface area (Å²) >= 11 is 0. The van der Waals surface area contributed by atoms with Crippen molar-refractivity contribution in [3.05, 3.63) is 59.9 Å². The third kappa shape index (κ3) is 2.89. The minimum Gasteiger partial charge on any atom is -0.342 e. The Bertz CT molecular complexity index is 869. The van der Waals surface area contributed by atoms with Crippen LogP contribution in [-0.4, -0.2) is 9.97 Å². The number of allylic oxidation sites excluding steroid dienone is 2. The lowest BCUT2D eigenvalue weighted by Crippen LogP contribution is -1.91. The van der Waals surface area contributed by atoms with E-state index in [-0.39, 0.29) is 0 Å². The Morgan fingerprint density at radius 3 is 2.58 bits per heavy atom. The summed E-state index contributed by atoms with van der Waals surface area (Å²) in [7, 11) is 0. The van der Waals surface area contributed by atoms with Crippen LogP contribution in [0.3, 0.4) is 0 Å². The lowest BCUT2D eigenvalue weighted by atomic mass is 9.92. The number of nitrogens with zero attached hydrogens (tertiary/aromatic N) is 1. The number of benzene rings is 2. The van der Waals surface area contributed by atoms with Crippen LogP contribution in [-0.2, 0) is 6.42 Å². The first-order valence-electron chi connectivity index (χ1n) is 9.12. The number of rotatable bonds is 4. The molecule has 1 aromatic heterocycles. The molecule has 0 fully saturated rings. The van der Waals surface area contributed by atoms with Crippen molar-refractivity contribution in [2.24, 2.45) is 0 Å². The molecule has 2 aromatic carbocycles. The SMILES string of the molecule is CCCc1nc2c(-c3ccc(C4=CCCCC4)cc3)cccc2[nH]1. The topological polar surface area (TPSA) is 28.7 Å². The summed E-state index contributed by atoms with van der Waals surface area (Å²) in [5.74, 6) is 1.09. The summed E-state index contributed by atoms with van der Waals surface area (Å²) in [6.07, 6.45) is 9.62. The standard InChI is InChI=1S/C22H24N2/c1-2-7-21-23-20-11-6-10-19(22(20)24-21)18-14-12-17(13-15-18)16-8-4-3-5-9-16/h6,8,10-15H,2-5,7,9H2,1H3,(H,23,24). The van der Waals surface area contributed by atoms with Crippen LogP contribution in [0.2, 0.25) is 0 Å². The molecule has 122 valence electrons. The molecule has 4 rings (SSSR count). The minimum atomic E-state index is 1.00. The van der Waals surface area contributed by atoms with Gasteiger partial charge in [0.1, 0.15) is 5.82 Å². The molecular weight excluding hydrogens is 292 g/mol. The van der Waals surface area contributed by atoms with E-state index in [0.717, 1.165) is 29.7 Å². The molecule has 0 saturated carbocycles. The fourth-order valence-corrected chi connectivity index (χ4v) is 3.64. The number of imidazole rings is 1. The highest BCUT2D eigenvalue weighted by molar-refractivity contribution is 5.92. The van der Waals surface area contributed by atoms with Gasteiger partial charge in [0.25, 0.3) is 0 Å². The Kier molecular flexibility index (Phi) is 4.20. The molecule has 0 atom stereocenters. The highest BCUT2D eigenvalue weighted by Gasteiger charge is 2.10. The van der Waals surface area contributed by atoms with Crippen LogP contribution in [0.25, 0.3) is 27.7 Å². The first kappa shape index (κ1) is 15.2. The largest absolute Gasteiger partial charge is 0.342 e. The summed E-state index contributed by atoms with van der Waals surface area (Å²) in [5.41, 5.74) is 7.57. The molecule has 24 heavy (non-hydrogen) atoms.